The number of ether oxygens (including phenoxy) is 1. The molecular weight excluding hydrogens is 254 g/mol. The van der Waals surface area contributed by atoms with E-state index in [-0.39, 0.29) is 11.6 Å². The van der Waals surface area contributed by atoms with Crippen molar-refractivity contribution in [1.29, 1.82) is 0 Å². The predicted molar refractivity (Wildman–Crippen MR) is 66.8 cm³/mol. The molecule has 1 saturated heterocycles. The van der Waals surface area contributed by atoms with Gasteiger partial charge in [0.25, 0.3) is 0 Å². The Morgan fingerprint density at radius 1 is 1.37 bits per heavy atom. The van der Waals surface area contributed by atoms with Crippen molar-refractivity contribution in [3.05, 3.63) is 29.8 Å². The van der Waals surface area contributed by atoms with Gasteiger partial charge in [-0.2, -0.15) is 0 Å². The third-order valence-electron chi connectivity index (χ3n) is 3.00. The van der Waals surface area contributed by atoms with E-state index in [1.54, 1.807) is 11.8 Å². The fourth-order valence-corrected chi connectivity index (χ4v) is 1.96. The van der Waals surface area contributed by atoms with Gasteiger partial charge in [-0.1, -0.05) is 0 Å². The van der Waals surface area contributed by atoms with Gasteiger partial charge in [-0.3, -0.25) is 4.79 Å². The maximum Gasteiger partial charge on any atom is 0.244 e. The number of nitrogens with zero attached hydrogens (tertiary/aromatic N) is 1. The van der Waals surface area contributed by atoms with E-state index in [1.807, 2.05) is 0 Å². The fraction of sp³-hybridized carbons (Fsp3) is 0.462. The third-order valence-corrected chi connectivity index (χ3v) is 3.00. The summed E-state index contributed by atoms with van der Waals surface area (Å²) in [5, 5.41) is 2.76. The lowest BCUT2D eigenvalue weighted by Gasteiger charge is -2.29. The molecule has 4 nitrogen and oxygen atoms in total. The first-order chi connectivity index (χ1) is 9.08. The van der Waals surface area contributed by atoms with E-state index in [0.717, 1.165) is 12.1 Å². The SMILES string of the molecule is CC(Nc1ccc(F)cc1F)C(=O)N1CCOCC1. The van der Waals surface area contributed by atoms with E-state index in [0.29, 0.717) is 26.3 Å². The molecule has 0 aliphatic carbocycles. The Balaban J connectivity index is 1.99. The number of hydrogen-bond acceptors (Lipinski definition) is 3. The van der Waals surface area contributed by atoms with Crippen LogP contribution >= 0.6 is 0 Å². The van der Waals surface area contributed by atoms with Crippen LogP contribution in [0.4, 0.5) is 14.5 Å². The van der Waals surface area contributed by atoms with E-state index in [4.69, 9.17) is 4.74 Å². The Labute approximate surface area is 110 Å². The lowest BCUT2D eigenvalue weighted by atomic mass is 10.2. The molecule has 0 bridgehead atoms. The molecule has 1 aromatic carbocycles. The zero-order chi connectivity index (χ0) is 13.8. The smallest absolute Gasteiger partial charge is 0.244 e. The number of carbonyl (C=O) groups is 1. The first-order valence-electron chi connectivity index (χ1n) is 6.16. The van der Waals surface area contributed by atoms with Crippen molar-refractivity contribution in [3.8, 4) is 0 Å². The van der Waals surface area contributed by atoms with Crippen LogP contribution in [0.3, 0.4) is 0 Å². The van der Waals surface area contributed by atoms with Crippen LogP contribution < -0.4 is 5.32 Å². The van der Waals surface area contributed by atoms with Crippen LogP contribution in [0.25, 0.3) is 0 Å². The van der Waals surface area contributed by atoms with E-state index < -0.39 is 17.7 Å². The molecule has 1 unspecified atom stereocenters. The highest BCUT2D eigenvalue weighted by Gasteiger charge is 2.22. The molecule has 1 amide bonds. The van der Waals surface area contributed by atoms with Crippen molar-refractivity contribution >= 4 is 11.6 Å². The molecule has 1 fully saturated rings. The number of carbonyl (C=O) groups excluding carboxylic acids is 1. The summed E-state index contributed by atoms with van der Waals surface area (Å²) in [6.07, 6.45) is 0. The van der Waals surface area contributed by atoms with Crippen LogP contribution in [-0.2, 0) is 9.53 Å². The fourth-order valence-electron chi connectivity index (χ4n) is 1.96. The second-order valence-corrected chi connectivity index (χ2v) is 4.43. The van der Waals surface area contributed by atoms with Gasteiger partial charge in [0.05, 0.1) is 18.9 Å². The molecular formula is C13H16F2N2O2. The molecule has 19 heavy (non-hydrogen) atoms. The third kappa shape index (κ3) is 3.41. The summed E-state index contributed by atoms with van der Waals surface area (Å²) < 4.78 is 31.4. The summed E-state index contributed by atoms with van der Waals surface area (Å²) in [4.78, 5) is 13.8. The molecule has 1 N–H and O–H groups in total. The number of nitrogens with one attached hydrogen (secondary N) is 1. The molecule has 1 atom stereocenters. The quantitative estimate of drug-likeness (QED) is 0.907. The molecule has 1 aliphatic heterocycles. The first-order valence-corrected chi connectivity index (χ1v) is 6.16. The standard InChI is InChI=1S/C13H16F2N2O2/c1-9(13(18)17-4-6-19-7-5-17)16-12-3-2-10(14)8-11(12)15/h2-3,8-9,16H,4-7H2,1H3. The van der Waals surface area contributed by atoms with Gasteiger partial charge in [-0.05, 0) is 19.1 Å². The molecule has 0 aromatic heterocycles. The number of halogens is 2. The minimum Gasteiger partial charge on any atom is -0.378 e. The Morgan fingerprint density at radius 2 is 2.05 bits per heavy atom. The van der Waals surface area contributed by atoms with Crippen molar-refractivity contribution < 1.29 is 18.3 Å². The summed E-state index contributed by atoms with van der Waals surface area (Å²) in [5.74, 6) is -1.47. The summed E-state index contributed by atoms with van der Waals surface area (Å²) >= 11 is 0. The van der Waals surface area contributed by atoms with Gasteiger partial charge in [0.2, 0.25) is 5.91 Å². The second kappa shape index (κ2) is 5.97. The van der Waals surface area contributed by atoms with Crippen LogP contribution in [0.15, 0.2) is 18.2 Å². The normalized spacial score (nSPS) is 17.1. The number of anilines is 1. The van der Waals surface area contributed by atoms with Gasteiger partial charge in [0, 0.05) is 19.2 Å². The van der Waals surface area contributed by atoms with E-state index >= 15 is 0 Å². The number of hydrogen-bond donors (Lipinski definition) is 1. The lowest BCUT2D eigenvalue weighted by molar-refractivity contribution is -0.135. The number of rotatable bonds is 3. The van der Waals surface area contributed by atoms with Crippen LogP contribution in [0.5, 0.6) is 0 Å². The van der Waals surface area contributed by atoms with Gasteiger partial charge in [0.1, 0.15) is 17.7 Å². The molecule has 2 rings (SSSR count). The highest BCUT2D eigenvalue weighted by Crippen LogP contribution is 2.16. The van der Waals surface area contributed by atoms with Crippen molar-refractivity contribution in [2.45, 2.75) is 13.0 Å². The van der Waals surface area contributed by atoms with Gasteiger partial charge >= 0.3 is 0 Å². The van der Waals surface area contributed by atoms with E-state index in [1.165, 1.54) is 6.07 Å². The molecule has 0 saturated carbocycles. The van der Waals surface area contributed by atoms with E-state index in [9.17, 15) is 13.6 Å². The maximum absolute atomic E-state index is 13.5. The number of morpholine rings is 1. The van der Waals surface area contributed by atoms with Crippen molar-refractivity contribution in [1.82, 2.24) is 4.90 Å². The Hall–Kier alpha value is -1.69. The number of benzene rings is 1. The molecule has 0 radical (unpaired) electrons. The van der Waals surface area contributed by atoms with E-state index in [2.05, 4.69) is 5.32 Å². The van der Waals surface area contributed by atoms with Crippen molar-refractivity contribution in [3.63, 3.8) is 0 Å². The van der Waals surface area contributed by atoms with Crippen LogP contribution in [0, 0.1) is 11.6 Å². The predicted octanol–water partition coefficient (Wildman–Crippen LogP) is 1.62. The monoisotopic (exact) mass is 270 g/mol. The highest BCUT2D eigenvalue weighted by molar-refractivity contribution is 5.84. The summed E-state index contributed by atoms with van der Waals surface area (Å²) in [5.41, 5.74) is 0.121. The molecule has 1 aliphatic rings. The van der Waals surface area contributed by atoms with Crippen LogP contribution in [-0.4, -0.2) is 43.2 Å². The zero-order valence-electron chi connectivity index (χ0n) is 10.7. The molecule has 6 heteroatoms. The van der Waals surface area contributed by atoms with Crippen molar-refractivity contribution in [2.75, 3.05) is 31.6 Å². The minimum atomic E-state index is -0.707. The molecule has 1 heterocycles. The van der Waals surface area contributed by atoms with Gasteiger partial charge in [-0.15, -0.1) is 0 Å². The van der Waals surface area contributed by atoms with Crippen LogP contribution in [0.2, 0.25) is 0 Å². The largest absolute Gasteiger partial charge is 0.378 e. The molecule has 0 spiro atoms. The Morgan fingerprint density at radius 3 is 2.68 bits per heavy atom. The summed E-state index contributed by atoms with van der Waals surface area (Å²) in [6, 6.07) is 2.65. The molecule has 104 valence electrons. The average molecular weight is 270 g/mol. The Bertz CT molecular complexity index is 462. The minimum absolute atomic E-state index is 0.118. The van der Waals surface area contributed by atoms with Gasteiger partial charge < -0.3 is 15.0 Å². The van der Waals surface area contributed by atoms with Gasteiger partial charge in [0.15, 0.2) is 0 Å². The lowest BCUT2D eigenvalue weighted by Crippen LogP contribution is -2.47. The summed E-state index contributed by atoms with van der Waals surface area (Å²) in [6.45, 7) is 3.76. The number of amides is 1. The molecule has 1 aromatic rings. The summed E-state index contributed by atoms with van der Waals surface area (Å²) in [7, 11) is 0. The Kier molecular flexibility index (Phi) is 4.31. The van der Waals surface area contributed by atoms with Crippen LogP contribution in [0.1, 0.15) is 6.92 Å². The van der Waals surface area contributed by atoms with Gasteiger partial charge in [-0.25, -0.2) is 8.78 Å². The van der Waals surface area contributed by atoms with Crippen molar-refractivity contribution in [2.24, 2.45) is 0 Å². The first kappa shape index (κ1) is 13.7. The average Bonchev–Trinajstić information content (AvgIpc) is 2.42. The highest BCUT2D eigenvalue weighted by atomic mass is 19.1. The topological polar surface area (TPSA) is 41.6 Å². The zero-order valence-corrected chi connectivity index (χ0v) is 10.7. The second-order valence-electron chi connectivity index (χ2n) is 4.43. The maximum atomic E-state index is 13.5.